The third kappa shape index (κ3) is 6.53. The molecule has 1 N–H and O–H groups in total. The fourth-order valence-electron chi connectivity index (χ4n) is 5.05. The van der Waals surface area contributed by atoms with Crippen LogP contribution in [0.3, 0.4) is 0 Å². The molecule has 0 bridgehead atoms. The number of anilines is 1. The number of nitrogens with one attached hydrogen (secondary N) is 1. The zero-order valence-electron chi connectivity index (χ0n) is 26.9. The quantitative estimate of drug-likeness (QED) is 0.222. The molecule has 1 aromatic heterocycles. The lowest BCUT2D eigenvalue weighted by Gasteiger charge is -2.22. The number of aromatic nitrogens is 1. The molecule has 0 atom stereocenters. The predicted molar refractivity (Wildman–Crippen MR) is 172 cm³/mol. The number of carbonyl (C=O) groups excluding carboxylic acids is 2. The van der Waals surface area contributed by atoms with Crippen molar-refractivity contribution in [2.75, 3.05) is 40.9 Å². The molecule has 0 aliphatic heterocycles. The number of hydrogen-bond acceptors (Lipinski definition) is 10. The van der Waals surface area contributed by atoms with Crippen LogP contribution in [0.4, 0.5) is 10.5 Å². The number of nitrogens with zero attached hydrogens (tertiary/aromatic N) is 2. The number of amides is 1. The first-order chi connectivity index (χ1) is 21.9. The Morgan fingerprint density at radius 2 is 1.46 bits per heavy atom. The van der Waals surface area contributed by atoms with Gasteiger partial charge in [0.25, 0.3) is 5.56 Å². The predicted octanol–water partition coefficient (Wildman–Crippen LogP) is 5.89. The number of fused-ring (bicyclic) bond motifs is 1. The van der Waals surface area contributed by atoms with Crippen molar-refractivity contribution in [2.24, 2.45) is 0 Å². The molecule has 0 saturated carbocycles. The number of methoxy groups -OCH3 is 5. The molecule has 0 spiro atoms. The number of rotatable bonds is 9. The van der Waals surface area contributed by atoms with Crippen LogP contribution in [0.1, 0.15) is 36.8 Å². The summed E-state index contributed by atoms with van der Waals surface area (Å²) in [4.78, 5) is 40.4. The van der Waals surface area contributed by atoms with Crippen LogP contribution in [0.25, 0.3) is 27.6 Å². The lowest BCUT2D eigenvalue weighted by atomic mass is 9.93. The fourth-order valence-corrected chi connectivity index (χ4v) is 5.05. The molecule has 4 aromatic rings. The number of ether oxygens (including phenoxy) is 6. The molecule has 0 unspecified atom stereocenters. The van der Waals surface area contributed by atoms with E-state index in [4.69, 9.17) is 28.4 Å². The molecule has 0 radical (unpaired) electrons. The van der Waals surface area contributed by atoms with Crippen molar-refractivity contribution in [1.82, 2.24) is 4.57 Å². The molecular weight excluding hydrogens is 594 g/mol. The van der Waals surface area contributed by atoms with Crippen molar-refractivity contribution in [1.29, 1.82) is 5.26 Å². The van der Waals surface area contributed by atoms with Crippen LogP contribution < -0.4 is 29.8 Å². The Morgan fingerprint density at radius 1 is 0.848 bits per heavy atom. The highest BCUT2D eigenvalue weighted by atomic mass is 16.6. The summed E-state index contributed by atoms with van der Waals surface area (Å²) in [6, 6.07) is 14.9. The molecule has 0 saturated heterocycles. The van der Waals surface area contributed by atoms with Gasteiger partial charge in [-0.25, -0.2) is 9.59 Å². The van der Waals surface area contributed by atoms with Gasteiger partial charge in [0.2, 0.25) is 5.75 Å². The fraction of sp³-hybridized carbons (Fsp3) is 0.294. The Labute approximate surface area is 266 Å². The molecular formula is C34H35N3O9. The summed E-state index contributed by atoms with van der Waals surface area (Å²) in [5.41, 5.74) is 0.572. The summed E-state index contributed by atoms with van der Waals surface area (Å²) in [5, 5.41) is 12.7. The maximum absolute atomic E-state index is 14.3. The van der Waals surface area contributed by atoms with E-state index in [0.717, 1.165) is 0 Å². The topological polar surface area (TPSA) is 147 Å². The monoisotopic (exact) mass is 629 g/mol. The van der Waals surface area contributed by atoms with E-state index in [2.05, 4.69) is 11.4 Å². The van der Waals surface area contributed by atoms with Crippen molar-refractivity contribution < 1.29 is 38.0 Å². The van der Waals surface area contributed by atoms with Gasteiger partial charge in [-0.1, -0.05) is 0 Å². The van der Waals surface area contributed by atoms with Gasteiger partial charge in [-0.15, -0.1) is 0 Å². The zero-order valence-corrected chi connectivity index (χ0v) is 26.9. The smallest absolute Gasteiger partial charge is 0.412 e. The minimum absolute atomic E-state index is 0.0259. The third-order valence-electron chi connectivity index (χ3n) is 6.96. The minimum atomic E-state index is -0.807. The normalized spacial score (nSPS) is 10.9. The van der Waals surface area contributed by atoms with Gasteiger partial charge in [-0.2, -0.15) is 5.26 Å². The molecule has 1 heterocycles. The first kappa shape index (κ1) is 33.2. The largest absolute Gasteiger partial charge is 0.496 e. The lowest BCUT2D eigenvalue weighted by Crippen LogP contribution is -2.28. The van der Waals surface area contributed by atoms with Crippen LogP contribution in [0.15, 0.2) is 53.3 Å². The summed E-state index contributed by atoms with van der Waals surface area (Å²) in [7, 11) is 7.07. The zero-order chi connectivity index (χ0) is 33.8. The maximum Gasteiger partial charge on any atom is 0.412 e. The van der Waals surface area contributed by atoms with E-state index in [0.29, 0.717) is 56.4 Å². The second-order valence-electron chi connectivity index (χ2n) is 11.0. The van der Waals surface area contributed by atoms with Gasteiger partial charge in [-0.05, 0) is 74.9 Å². The number of benzene rings is 3. The molecule has 12 heteroatoms. The SMILES string of the molecule is COC(=O)c1c(-c2cc(OC)c(OC)c(OC)c2)c2cc(OC)c(CC#N)cc2c(=O)n1-c1ccc(NC(=O)OC(C)(C)C)cc1. The molecule has 0 fully saturated rings. The van der Waals surface area contributed by atoms with Crippen LogP contribution in [-0.4, -0.2) is 57.8 Å². The molecule has 3 aromatic carbocycles. The van der Waals surface area contributed by atoms with Crippen LogP contribution in [0.2, 0.25) is 0 Å². The lowest BCUT2D eigenvalue weighted by molar-refractivity contribution is 0.0589. The first-order valence-corrected chi connectivity index (χ1v) is 14.1. The Hall–Kier alpha value is -5.70. The van der Waals surface area contributed by atoms with Crippen LogP contribution in [-0.2, 0) is 15.9 Å². The highest BCUT2D eigenvalue weighted by Gasteiger charge is 2.28. The number of pyridine rings is 1. The summed E-state index contributed by atoms with van der Waals surface area (Å²) in [5.74, 6) is 0.494. The molecule has 4 rings (SSSR count). The van der Waals surface area contributed by atoms with Gasteiger partial charge in [0.05, 0.1) is 48.0 Å². The van der Waals surface area contributed by atoms with Gasteiger partial charge in [-0.3, -0.25) is 14.7 Å². The van der Waals surface area contributed by atoms with E-state index in [-0.39, 0.29) is 17.5 Å². The van der Waals surface area contributed by atoms with E-state index in [1.165, 1.54) is 40.1 Å². The van der Waals surface area contributed by atoms with Gasteiger partial charge >= 0.3 is 12.1 Å². The standard InChI is InChI=1S/C34H35N3O9/c1-34(2,3)46-33(40)36-21-9-11-22(12-10-21)37-29(32(39)45-8)28(20-16-26(42-5)30(44-7)27(17-20)43-6)23-18-25(41-4)19(13-14-35)15-24(23)31(37)38/h9-12,15-18H,13H2,1-8H3,(H,36,40). The molecule has 240 valence electrons. The molecule has 1 amide bonds. The Bertz CT molecular complexity index is 1870. The van der Waals surface area contributed by atoms with Gasteiger partial charge in [0, 0.05) is 33.3 Å². The van der Waals surface area contributed by atoms with Crippen LogP contribution in [0, 0.1) is 11.3 Å². The van der Waals surface area contributed by atoms with E-state index in [1.807, 2.05) is 0 Å². The second kappa shape index (κ2) is 13.5. The van der Waals surface area contributed by atoms with E-state index >= 15 is 0 Å². The molecule has 0 aliphatic rings. The molecule has 46 heavy (non-hydrogen) atoms. The molecule has 12 nitrogen and oxygen atoms in total. The Morgan fingerprint density at radius 3 is 1.96 bits per heavy atom. The first-order valence-electron chi connectivity index (χ1n) is 14.1. The Kier molecular flexibility index (Phi) is 9.76. The average molecular weight is 630 g/mol. The summed E-state index contributed by atoms with van der Waals surface area (Å²) in [6.45, 7) is 5.25. The molecule has 0 aliphatic carbocycles. The number of esters is 1. The van der Waals surface area contributed by atoms with Crippen LogP contribution >= 0.6 is 0 Å². The van der Waals surface area contributed by atoms with E-state index in [1.54, 1.807) is 69.3 Å². The second-order valence-corrected chi connectivity index (χ2v) is 11.0. The van der Waals surface area contributed by atoms with Crippen molar-refractivity contribution in [2.45, 2.75) is 32.8 Å². The van der Waals surface area contributed by atoms with Crippen LogP contribution in [0.5, 0.6) is 23.0 Å². The van der Waals surface area contributed by atoms with Crippen molar-refractivity contribution >= 4 is 28.5 Å². The maximum atomic E-state index is 14.3. The summed E-state index contributed by atoms with van der Waals surface area (Å²) in [6.07, 6.45) is -0.677. The van der Waals surface area contributed by atoms with Gasteiger partial charge in [0.15, 0.2) is 11.5 Å². The third-order valence-corrected chi connectivity index (χ3v) is 6.96. The van der Waals surface area contributed by atoms with E-state index < -0.39 is 23.2 Å². The van der Waals surface area contributed by atoms with Gasteiger partial charge in [0.1, 0.15) is 17.0 Å². The van der Waals surface area contributed by atoms with Crippen molar-refractivity contribution in [3.05, 3.63) is 70.1 Å². The van der Waals surface area contributed by atoms with Crippen molar-refractivity contribution in [3.8, 4) is 45.9 Å². The highest BCUT2D eigenvalue weighted by molar-refractivity contribution is 6.08. The van der Waals surface area contributed by atoms with Crippen molar-refractivity contribution in [3.63, 3.8) is 0 Å². The summed E-state index contributed by atoms with van der Waals surface area (Å²) < 4.78 is 34.1. The number of nitriles is 1. The average Bonchev–Trinajstić information content (AvgIpc) is 3.03. The minimum Gasteiger partial charge on any atom is -0.496 e. The number of carbonyl (C=O) groups is 2. The van der Waals surface area contributed by atoms with E-state index in [9.17, 15) is 19.6 Å². The highest BCUT2D eigenvalue weighted by Crippen LogP contribution is 2.44. The number of hydrogen-bond donors (Lipinski definition) is 1. The Balaban J connectivity index is 2.12. The summed E-state index contributed by atoms with van der Waals surface area (Å²) >= 11 is 0. The van der Waals surface area contributed by atoms with Gasteiger partial charge < -0.3 is 28.4 Å².